The molecule has 9 rings (SSSR count). The first-order valence-corrected chi connectivity index (χ1v) is 14.0. The number of hydrogen-bond acceptors (Lipinski definition) is 2. The molecule has 0 spiro atoms. The van der Waals surface area contributed by atoms with Crippen molar-refractivity contribution < 1.29 is 4.42 Å². The molecule has 0 radical (unpaired) electrons. The molecular weight excluding hydrogens is 498 g/mol. The fraction of sp³-hybridized carbons (Fsp3) is 0. The molecule has 0 unspecified atom stereocenters. The second kappa shape index (κ2) is 8.51. The molecule has 0 aliphatic heterocycles. The Kier molecular flexibility index (Phi) is 4.64. The molecule has 2 nitrogen and oxygen atoms in total. The highest BCUT2D eigenvalue weighted by atomic mass is 16.3. The minimum Gasteiger partial charge on any atom is -0.455 e. The monoisotopic (exact) mass is 521 g/mol. The number of hydrogen-bond donors (Lipinski definition) is 0. The molecule has 190 valence electrons. The second-order valence-corrected chi connectivity index (χ2v) is 10.7. The van der Waals surface area contributed by atoms with Crippen molar-refractivity contribution in [2.45, 2.75) is 0 Å². The molecular formula is C39H23NO. The summed E-state index contributed by atoms with van der Waals surface area (Å²) in [6.45, 7) is 0. The van der Waals surface area contributed by atoms with Crippen molar-refractivity contribution in [1.82, 2.24) is 4.98 Å². The lowest BCUT2D eigenvalue weighted by Gasteiger charge is -2.16. The molecule has 9 aromatic rings. The average Bonchev–Trinajstić information content (AvgIpc) is 3.43. The van der Waals surface area contributed by atoms with E-state index >= 15 is 0 Å². The Labute approximate surface area is 236 Å². The molecule has 0 atom stereocenters. The SMILES string of the molecule is c1ccc(-c2nc3ccccc3c3c2cc(-c2c4ccccc4cc4ccccc24)c2oc4ccccc4c23)cc1. The molecule has 0 saturated heterocycles. The molecule has 2 aromatic heterocycles. The normalized spacial score (nSPS) is 11.9. The maximum absolute atomic E-state index is 6.82. The molecule has 0 aliphatic rings. The van der Waals surface area contributed by atoms with Crippen LogP contribution >= 0.6 is 0 Å². The third-order valence-corrected chi connectivity index (χ3v) is 8.40. The summed E-state index contributed by atoms with van der Waals surface area (Å²) in [5.74, 6) is 0. The summed E-state index contributed by atoms with van der Waals surface area (Å²) in [6.07, 6.45) is 0. The zero-order chi connectivity index (χ0) is 26.9. The summed E-state index contributed by atoms with van der Waals surface area (Å²) in [7, 11) is 0. The van der Waals surface area contributed by atoms with E-state index in [1.807, 2.05) is 0 Å². The van der Waals surface area contributed by atoms with Crippen LogP contribution in [0.5, 0.6) is 0 Å². The Morgan fingerprint density at radius 1 is 0.463 bits per heavy atom. The first kappa shape index (κ1) is 22.4. The highest BCUT2D eigenvalue weighted by molar-refractivity contribution is 6.32. The fourth-order valence-corrected chi connectivity index (χ4v) is 6.64. The van der Waals surface area contributed by atoms with Crippen LogP contribution in [0.2, 0.25) is 0 Å². The first-order valence-electron chi connectivity index (χ1n) is 14.0. The van der Waals surface area contributed by atoms with Crippen molar-refractivity contribution in [3.63, 3.8) is 0 Å². The highest BCUT2D eigenvalue weighted by Gasteiger charge is 2.23. The Balaban J connectivity index is 1.59. The molecule has 0 bridgehead atoms. The van der Waals surface area contributed by atoms with Gasteiger partial charge in [0.2, 0.25) is 0 Å². The van der Waals surface area contributed by atoms with E-state index in [4.69, 9.17) is 9.40 Å². The van der Waals surface area contributed by atoms with Gasteiger partial charge in [0.15, 0.2) is 0 Å². The van der Waals surface area contributed by atoms with E-state index in [9.17, 15) is 0 Å². The molecule has 0 fully saturated rings. The average molecular weight is 522 g/mol. The Hall–Kier alpha value is -5.47. The van der Waals surface area contributed by atoms with Crippen LogP contribution in [0.25, 0.3) is 87.5 Å². The minimum absolute atomic E-state index is 0.892. The van der Waals surface area contributed by atoms with Crippen molar-refractivity contribution in [3.8, 4) is 22.4 Å². The number of pyridine rings is 1. The minimum atomic E-state index is 0.892. The van der Waals surface area contributed by atoms with E-state index in [2.05, 4.69) is 140 Å². The Morgan fingerprint density at radius 2 is 1.07 bits per heavy atom. The van der Waals surface area contributed by atoms with Crippen LogP contribution in [0.1, 0.15) is 0 Å². The van der Waals surface area contributed by atoms with Gasteiger partial charge in [-0.15, -0.1) is 0 Å². The van der Waals surface area contributed by atoms with E-state index in [-0.39, 0.29) is 0 Å². The van der Waals surface area contributed by atoms with Gasteiger partial charge in [0.1, 0.15) is 11.2 Å². The van der Waals surface area contributed by atoms with Crippen LogP contribution in [0.3, 0.4) is 0 Å². The molecule has 0 amide bonds. The smallest absolute Gasteiger partial charge is 0.143 e. The molecule has 0 saturated carbocycles. The van der Waals surface area contributed by atoms with Gasteiger partial charge in [0.05, 0.1) is 11.2 Å². The van der Waals surface area contributed by atoms with Gasteiger partial charge in [0.25, 0.3) is 0 Å². The van der Waals surface area contributed by atoms with Crippen LogP contribution < -0.4 is 0 Å². The summed E-state index contributed by atoms with van der Waals surface area (Å²) < 4.78 is 6.82. The first-order chi connectivity index (χ1) is 20.3. The third kappa shape index (κ3) is 3.22. The quantitative estimate of drug-likeness (QED) is 0.167. The number of furan rings is 1. The zero-order valence-electron chi connectivity index (χ0n) is 22.1. The van der Waals surface area contributed by atoms with E-state index in [0.717, 1.165) is 55.0 Å². The topological polar surface area (TPSA) is 26.0 Å². The summed E-state index contributed by atoms with van der Waals surface area (Å²) in [5.41, 5.74) is 7.15. The second-order valence-electron chi connectivity index (χ2n) is 10.7. The lowest BCUT2D eigenvalue weighted by atomic mass is 9.88. The summed E-state index contributed by atoms with van der Waals surface area (Å²) >= 11 is 0. The summed E-state index contributed by atoms with van der Waals surface area (Å²) in [4.78, 5) is 5.27. The number of para-hydroxylation sites is 2. The highest BCUT2D eigenvalue weighted by Crippen LogP contribution is 2.48. The van der Waals surface area contributed by atoms with Crippen molar-refractivity contribution in [2.24, 2.45) is 0 Å². The lowest BCUT2D eigenvalue weighted by molar-refractivity contribution is 0.670. The Morgan fingerprint density at radius 3 is 1.83 bits per heavy atom. The maximum atomic E-state index is 6.82. The summed E-state index contributed by atoms with van der Waals surface area (Å²) in [5, 5.41) is 10.5. The van der Waals surface area contributed by atoms with Crippen molar-refractivity contribution >= 4 is 65.2 Å². The number of nitrogens with zero attached hydrogens (tertiary/aromatic N) is 1. The Bertz CT molecular complexity index is 2420. The standard InChI is InChI=1S/C39H23NO/c1-2-12-24(13-3-1)38-31-23-32(35-27-16-6-4-14-25(27)22-26-15-5-7-17-28(26)35)39-37(30-19-9-11-21-34(30)41-39)36(31)29-18-8-10-20-33(29)40-38/h1-23H. The van der Waals surface area contributed by atoms with E-state index < -0.39 is 0 Å². The van der Waals surface area contributed by atoms with Crippen LogP contribution in [0.15, 0.2) is 144 Å². The van der Waals surface area contributed by atoms with Gasteiger partial charge in [-0.2, -0.15) is 0 Å². The fourth-order valence-electron chi connectivity index (χ4n) is 6.64. The van der Waals surface area contributed by atoms with E-state index in [0.29, 0.717) is 0 Å². The van der Waals surface area contributed by atoms with Crippen LogP contribution in [-0.2, 0) is 0 Å². The predicted molar refractivity (Wildman–Crippen MR) is 172 cm³/mol. The largest absolute Gasteiger partial charge is 0.455 e. The molecule has 0 N–H and O–H groups in total. The number of aromatic nitrogens is 1. The molecule has 2 heteroatoms. The van der Waals surface area contributed by atoms with Gasteiger partial charge in [-0.1, -0.05) is 115 Å². The van der Waals surface area contributed by atoms with Gasteiger partial charge in [-0.3, -0.25) is 0 Å². The van der Waals surface area contributed by atoms with Crippen LogP contribution in [0, 0.1) is 0 Å². The van der Waals surface area contributed by atoms with Crippen LogP contribution in [-0.4, -0.2) is 4.98 Å². The number of benzene rings is 7. The zero-order valence-corrected chi connectivity index (χ0v) is 22.1. The molecule has 41 heavy (non-hydrogen) atoms. The van der Waals surface area contributed by atoms with Gasteiger partial charge in [-0.05, 0) is 45.8 Å². The van der Waals surface area contributed by atoms with Gasteiger partial charge in [0, 0.05) is 43.6 Å². The number of rotatable bonds is 2. The van der Waals surface area contributed by atoms with E-state index in [1.54, 1.807) is 0 Å². The van der Waals surface area contributed by atoms with E-state index in [1.165, 1.54) is 32.5 Å². The lowest BCUT2D eigenvalue weighted by Crippen LogP contribution is -1.93. The van der Waals surface area contributed by atoms with Crippen LogP contribution in [0.4, 0.5) is 0 Å². The predicted octanol–water partition coefficient (Wildman–Crippen LogP) is 10.9. The van der Waals surface area contributed by atoms with Crippen molar-refractivity contribution in [2.75, 3.05) is 0 Å². The maximum Gasteiger partial charge on any atom is 0.143 e. The van der Waals surface area contributed by atoms with Crippen molar-refractivity contribution in [1.29, 1.82) is 0 Å². The van der Waals surface area contributed by atoms with Gasteiger partial charge in [-0.25, -0.2) is 4.98 Å². The molecule has 7 aromatic carbocycles. The molecule has 2 heterocycles. The van der Waals surface area contributed by atoms with Crippen molar-refractivity contribution in [3.05, 3.63) is 140 Å². The molecule has 0 aliphatic carbocycles. The number of fused-ring (bicyclic) bond motifs is 9. The van der Waals surface area contributed by atoms with Gasteiger partial charge < -0.3 is 4.42 Å². The third-order valence-electron chi connectivity index (χ3n) is 8.40. The summed E-state index contributed by atoms with van der Waals surface area (Å²) in [6, 6.07) is 49.4. The van der Waals surface area contributed by atoms with Gasteiger partial charge >= 0.3 is 0 Å².